The van der Waals surface area contributed by atoms with Crippen molar-refractivity contribution in [1.29, 1.82) is 0 Å². The third kappa shape index (κ3) is 3.72. The van der Waals surface area contributed by atoms with Crippen LogP contribution in [0, 0.1) is 0 Å². The predicted octanol–water partition coefficient (Wildman–Crippen LogP) is 1.52. The number of nitrogens with zero attached hydrogens (tertiary/aromatic N) is 3. The number of aromatic nitrogens is 2. The number of hydrogen-bond donors (Lipinski definition) is 1. The van der Waals surface area contributed by atoms with Crippen molar-refractivity contribution in [1.82, 2.24) is 14.9 Å². The van der Waals surface area contributed by atoms with Gasteiger partial charge in [-0.05, 0) is 19.8 Å². The highest BCUT2D eigenvalue weighted by Crippen LogP contribution is 2.15. The molecule has 0 unspecified atom stereocenters. The number of rotatable bonds is 4. The Morgan fingerprint density at radius 3 is 2.60 bits per heavy atom. The molecule has 1 N–H and O–H groups in total. The molecule has 1 aromatic heterocycles. The Balaban J connectivity index is 1.80. The summed E-state index contributed by atoms with van der Waals surface area (Å²) in [5.41, 5.74) is 0. The fourth-order valence-electron chi connectivity index (χ4n) is 2.10. The molecule has 1 aliphatic heterocycles. The summed E-state index contributed by atoms with van der Waals surface area (Å²) >= 11 is 0. The van der Waals surface area contributed by atoms with Gasteiger partial charge in [-0.3, -0.25) is 0 Å². The zero-order valence-corrected chi connectivity index (χ0v) is 11.8. The number of amides is 1. The lowest BCUT2D eigenvalue weighted by molar-refractivity contribution is 0.0983. The first-order valence-electron chi connectivity index (χ1n) is 6.77. The Morgan fingerprint density at radius 2 is 2.05 bits per heavy atom. The zero-order valence-electron chi connectivity index (χ0n) is 11.8. The van der Waals surface area contributed by atoms with Gasteiger partial charge in [-0.1, -0.05) is 0 Å². The van der Waals surface area contributed by atoms with Crippen LogP contribution in [0.2, 0.25) is 0 Å². The van der Waals surface area contributed by atoms with Crippen LogP contribution in [0.15, 0.2) is 12.4 Å². The molecule has 1 amide bonds. The van der Waals surface area contributed by atoms with Crippen molar-refractivity contribution in [3.05, 3.63) is 12.4 Å². The number of nitrogens with one attached hydrogen (secondary N) is 1. The normalized spacial score (nSPS) is 15.8. The minimum absolute atomic E-state index is 0.230. The van der Waals surface area contributed by atoms with Crippen LogP contribution in [-0.4, -0.2) is 53.8 Å². The first-order chi connectivity index (χ1) is 9.72. The summed E-state index contributed by atoms with van der Waals surface area (Å²) in [6, 6.07) is 0.272. The molecule has 0 atom stereocenters. The number of methoxy groups -OCH3 is 1. The van der Waals surface area contributed by atoms with E-state index in [0.29, 0.717) is 31.4 Å². The molecule has 2 rings (SSSR count). The van der Waals surface area contributed by atoms with Crippen molar-refractivity contribution < 1.29 is 14.3 Å². The lowest BCUT2D eigenvalue weighted by Gasteiger charge is -2.31. The average molecular weight is 280 g/mol. The minimum atomic E-state index is -0.230. The predicted molar refractivity (Wildman–Crippen MR) is 73.8 cm³/mol. The number of anilines is 1. The van der Waals surface area contributed by atoms with Crippen LogP contribution in [0.4, 0.5) is 10.7 Å². The smallest absolute Gasteiger partial charge is 0.409 e. The SMILES string of the molecule is CCOC(=O)N1CCC(Nc2ncc(OC)cn2)CC1. The Kier molecular flexibility index (Phi) is 4.97. The summed E-state index contributed by atoms with van der Waals surface area (Å²) in [5, 5.41) is 3.27. The Bertz CT molecular complexity index is 430. The van der Waals surface area contributed by atoms with Crippen LogP contribution < -0.4 is 10.1 Å². The molecular formula is C13H20N4O3. The molecule has 1 fully saturated rings. The van der Waals surface area contributed by atoms with Gasteiger partial charge in [0.25, 0.3) is 0 Å². The number of piperidine rings is 1. The van der Waals surface area contributed by atoms with Gasteiger partial charge < -0.3 is 19.7 Å². The molecule has 110 valence electrons. The van der Waals surface area contributed by atoms with Gasteiger partial charge in [-0.15, -0.1) is 0 Å². The van der Waals surface area contributed by atoms with E-state index in [-0.39, 0.29) is 12.1 Å². The van der Waals surface area contributed by atoms with Crippen molar-refractivity contribution in [2.75, 3.05) is 32.1 Å². The number of ether oxygens (including phenoxy) is 2. The largest absolute Gasteiger partial charge is 0.494 e. The standard InChI is InChI=1S/C13H20N4O3/c1-3-20-13(18)17-6-4-10(5-7-17)16-12-14-8-11(19-2)9-15-12/h8-10H,3-7H2,1-2H3,(H,14,15,16). The van der Waals surface area contributed by atoms with Crippen LogP contribution in [0.5, 0.6) is 5.75 Å². The summed E-state index contributed by atoms with van der Waals surface area (Å²) in [6.45, 7) is 3.60. The van der Waals surface area contributed by atoms with E-state index in [1.165, 1.54) is 0 Å². The maximum absolute atomic E-state index is 11.6. The second kappa shape index (κ2) is 6.93. The number of likely N-dealkylation sites (tertiary alicyclic amines) is 1. The van der Waals surface area contributed by atoms with E-state index in [4.69, 9.17) is 9.47 Å². The molecule has 0 radical (unpaired) electrons. The van der Waals surface area contributed by atoms with Gasteiger partial charge in [-0.25, -0.2) is 14.8 Å². The molecule has 0 bridgehead atoms. The highest BCUT2D eigenvalue weighted by Gasteiger charge is 2.23. The summed E-state index contributed by atoms with van der Waals surface area (Å²) < 4.78 is 10.0. The minimum Gasteiger partial charge on any atom is -0.494 e. The molecule has 1 aromatic rings. The van der Waals surface area contributed by atoms with Gasteiger partial charge in [0.2, 0.25) is 5.95 Å². The topological polar surface area (TPSA) is 76.6 Å². The maximum atomic E-state index is 11.6. The van der Waals surface area contributed by atoms with E-state index in [1.54, 1.807) is 24.4 Å². The van der Waals surface area contributed by atoms with Gasteiger partial charge >= 0.3 is 6.09 Å². The summed E-state index contributed by atoms with van der Waals surface area (Å²) in [4.78, 5) is 21.7. The van der Waals surface area contributed by atoms with Crippen molar-refractivity contribution in [2.45, 2.75) is 25.8 Å². The van der Waals surface area contributed by atoms with Gasteiger partial charge in [0.15, 0.2) is 5.75 Å². The van der Waals surface area contributed by atoms with Crippen molar-refractivity contribution in [2.24, 2.45) is 0 Å². The molecule has 7 nitrogen and oxygen atoms in total. The van der Waals surface area contributed by atoms with E-state index in [0.717, 1.165) is 12.8 Å². The molecule has 1 saturated heterocycles. The van der Waals surface area contributed by atoms with Gasteiger partial charge in [0.05, 0.1) is 26.1 Å². The summed E-state index contributed by atoms with van der Waals surface area (Å²) in [7, 11) is 1.58. The highest BCUT2D eigenvalue weighted by molar-refractivity contribution is 5.67. The fraction of sp³-hybridized carbons (Fsp3) is 0.615. The molecule has 1 aliphatic rings. The monoisotopic (exact) mass is 280 g/mol. The average Bonchev–Trinajstić information content (AvgIpc) is 2.49. The highest BCUT2D eigenvalue weighted by atomic mass is 16.6. The second-order valence-corrected chi connectivity index (χ2v) is 4.55. The lowest BCUT2D eigenvalue weighted by Crippen LogP contribution is -2.42. The molecule has 0 saturated carbocycles. The van der Waals surface area contributed by atoms with E-state index < -0.39 is 0 Å². The third-order valence-electron chi connectivity index (χ3n) is 3.22. The Morgan fingerprint density at radius 1 is 1.40 bits per heavy atom. The maximum Gasteiger partial charge on any atom is 0.409 e. The summed E-state index contributed by atoms with van der Waals surface area (Å²) in [6.07, 6.45) is 4.74. The van der Waals surface area contributed by atoms with E-state index in [1.807, 2.05) is 6.92 Å². The van der Waals surface area contributed by atoms with Gasteiger partial charge in [0, 0.05) is 19.1 Å². The molecule has 7 heteroatoms. The van der Waals surface area contributed by atoms with Crippen LogP contribution in [-0.2, 0) is 4.74 Å². The first-order valence-corrected chi connectivity index (χ1v) is 6.77. The molecule has 2 heterocycles. The lowest BCUT2D eigenvalue weighted by atomic mass is 10.1. The molecule has 0 spiro atoms. The van der Waals surface area contributed by atoms with E-state index >= 15 is 0 Å². The molecule has 0 aliphatic carbocycles. The Hall–Kier alpha value is -2.05. The van der Waals surface area contributed by atoms with E-state index in [2.05, 4.69) is 15.3 Å². The molecule has 0 aromatic carbocycles. The number of carbonyl (C=O) groups is 1. The first kappa shape index (κ1) is 14.4. The quantitative estimate of drug-likeness (QED) is 0.901. The second-order valence-electron chi connectivity index (χ2n) is 4.55. The van der Waals surface area contributed by atoms with E-state index in [9.17, 15) is 4.79 Å². The van der Waals surface area contributed by atoms with Gasteiger partial charge in [-0.2, -0.15) is 0 Å². The van der Waals surface area contributed by atoms with Gasteiger partial charge in [0.1, 0.15) is 0 Å². The van der Waals surface area contributed by atoms with Crippen LogP contribution in [0.25, 0.3) is 0 Å². The third-order valence-corrected chi connectivity index (χ3v) is 3.22. The number of carbonyl (C=O) groups excluding carboxylic acids is 1. The van der Waals surface area contributed by atoms with Crippen molar-refractivity contribution in [3.63, 3.8) is 0 Å². The Labute approximate surface area is 118 Å². The molecular weight excluding hydrogens is 260 g/mol. The molecule has 20 heavy (non-hydrogen) atoms. The van der Waals surface area contributed by atoms with Crippen LogP contribution in [0.3, 0.4) is 0 Å². The number of hydrogen-bond acceptors (Lipinski definition) is 6. The summed E-state index contributed by atoms with van der Waals surface area (Å²) in [5.74, 6) is 1.22. The zero-order chi connectivity index (χ0) is 14.4. The van der Waals surface area contributed by atoms with Crippen LogP contribution >= 0.6 is 0 Å². The van der Waals surface area contributed by atoms with Crippen LogP contribution in [0.1, 0.15) is 19.8 Å². The van der Waals surface area contributed by atoms with Crippen molar-refractivity contribution in [3.8, 4) is 5.75 Å². The fourth-order valence-corrected chi connectivity index (χ4v) is 2.10. The van der Waals surface area contributed by atoms with Crippen molar-refractivity contribution >= 4 is 12.0 Å².